The predicted molar refractivity (Wildman–Crippen MR) is 118 cm³/mol. The molecule has 0 unspecified atom stereocenters. The molecule has 7 heteroatoms. The van der Waals surface area contributed by atoms with E-state index in [1.807, 2.05) is 56.3 Å². The fourth-order valence-corrected chi connectivity index (χ4v) is 3.65. The lowest BCUT2D eigenvalue weighted by atomic mass is 10.1. The first-order valence-corrected chi connectivity index (χ1v) is 9.91. The molecule has 1 amide bonds. The highest BCUT2D eigenvalue weighted by molar-refractivity contribution is 6.31. The third-order valence-corrected chi connectivity index (χ3v) is 5.03. The van der Waals surface area contributed by atoms with Crippen LogP contribution in [-0.2, 0) is 4.79 Å². The van der Waals surface area contributed by atoms with Crippen molar-refractivity contribution in [1.82, 2.24) is 4.57 Å². The van der Waals surface area contributed by atoms with Crippen molar-refractivity contribution in [2.24, 2.45) is 10.2 Å². The third kappa shape index (κ3) is 3.74. The molecule has 0 saturated carbocycles. The summed E-state index contributed by atoms with van der Waals surface area (Å²) in [6.07, 6.45) is 0. The number of hydrogen-bond donors (Lipinski definition) is 1. The summed E-state index contributed by atoms with van der Waals surface area (Å²) in [4.78, 5) is 12.3. The molecule has 152 valence electrons. The number of amides is 1. The van der Waals surface area contributed by atoms with Crippen LogP contribution in [0.4, 0.5) is 5.69 Å². The van der Waals surface area contributed by atoms with Gasteiger partial charge in [0.1, 0.15) is 5.75 Å². The van der Waals surface area contributed by atoms with E-state index in [-0.39, 0.29) is 24.2 Å². The van der Waals surface area contributed by atoms with Gasteiger partial charge >= 0.3 is 5.91 Å². The van der Waals surface area contributed by atoms with E-state index < -0.39 is 5.91 Å². The zero-order chi connectivity index (χ0) is 21.3. The second kappa shape index (κ2) is 8.16. The molecule has 0 aliphatic carbocycles. The number of rotatable bonds is 5. The Balaban J connectivity index is 1.58. The SMILES string of the molecule is CC(C)n1c(O)c(N=NC(=O)COc2cccc3ccccc23)c2cc(Cl)ccc21. The van der Waals surface area contributed by atoms with Crippen LogP contribution in [0.2, 0.25) is 5.02 Å². The van der Waals surface area contributed by atoms with Gasteiger partial charge in [0.25, 0.3) is 0 Å². The number of benzene rings is 3. The standard InChI is InChI=1S/C23H20ClN3O3/c1-14(2)27-19-11-10-16(24)12-18(19)22(23(27)29)26-25-21(28)13-30-20-9-5-7-15-6-3-4-8-17(15)20/h3-12,14,29H,13H2,1-2H3. The number of hydrogen-bond acceptors (Lipinski definition) is 4. The first-order chi connectivity index (χ1) is 14.5. The van der Waals surface area contributed by atoms with E-state index in [1.54, 1.807) is 22.8 Å². The molecule has 0 spiro atoms. The van der Waals surface area contributed by atoms with Crippen LogP contribution in [0.25, 0.3) is 21.7 Å². The topological polar surface area (TPSA) is 76.2 Å². The summed E-state index contributed by atoms with van der Waals surface area (Å²) in [5, 5.41) is 21.5. The fourth-order valence-electron chi connectivity index (χ4n) is 3.47. The van der Waals surface area contributed by atoms with Gasteiger partial charge in [0.05, 0.1) is 5.52 Å². The predicted octanol–water partition coefficient (Wildman–Crippen LogP) is 6.42. The minimum Gasteiger partial charge on any atom is -0.493 e. The van der Waals surface area contributed by atoms with Crippen LogP contribution in [0.1, 0.15) is 19.9 Å². The number of ether oxygens (including phenoxy) is 1. The summed E-state index contributed by atoms with van der Waals surface area (Å²) >= 11 is 6.11. The molecule has 1 aromatic heterocycles. The number of carbonyl (C=O) groups is 1. The number of nitrogens with zero attached hydrogens (tertiary/aromatic N) is 3. The van der Waals surface area contributed by atoms with E-state index in [0.717, 1.165) is 16.3 Å². The normalized spacial score (nSPS) is 11.7. The van der Waals surface area contributed by atoms with Gasteiger partial charge in [0.15, 0.2) is 12.3 Å². The summed E-state index contributed by atoms with van der Waals surface area (Å²) in [6, 6.07) is 18.6. The number of halogens is 1. The van der Waals surface area contributed by atoms with Crippen LogP contribution in [0, 0.1) is 0 Å². The molecule has 0 fully saturated rings. The summed E-state index contributed by atoms with van der Waals surface area (Å²) < 4.78 is 7.38. The molecule has 6 nitrogen and oxygen atoms in total. The summed E-state index contributed by atoms with van der Waals surface area (Å²) in [5.74, 6) is -0.0220. The highest BCUT2D eigenvalue weighted by atomic mass is 35.5. The van der Waals surface area contributed by atoms with Crippen molar-refractivity contribution >= 4 is 44.9 Å². The van der Waals surface area contributed by atoms with Gasteiger partial charge in [-0.15, -0.1) is 10.2 Å². The maximum Gasteiger partial charge on any atom is 0.302 e. The molecule has 0 atom stereocenters. The van der Waals surface area contributed by atoms with E-state index >= 15 is 0 Å². The van der Waals surface area contributed by atoms with Crippen LogP contribution in [0.5, 0.6) is 11.6 Å². The van der Waals surface area contributed by atoms with Gasteiger partial charge in [-0.3, -0.25) is 4.79 Å². The summed E-state index contributed by atoms with van der Waals surface area (Å²) in [5.41, 5.74) is 0.972. The molecule has 4 rings (SSSR count). The average molecular weight is 422 g/mol. The Morgan fingerprint density at radius 3 is 2.67 bits per heavy atom. The highest BCUT2D eigenvalue weighted by Crippen LogP contribution is 2.41. The second-order valence-corrected chi connectivity index (χ2v) is 7.59. The number of aromatic nitrogens is 1. The lowest BCUT2D eigenvalue weighted by molar-refractivity contribution is -0.120. The number of carbonyl (C=O) groups excluding carboxylic acids is 1. The third-order valence-electron chi connectivity index (χ3n) is 4.79. The zero-order valence-corrected chi connectivity index (χ0v) is 17.3. The highest BCUT2D eigenvalue weighted by Gasteiger charge is 2.19. The lowest BCUT2D eigenvalue weighted by Gasteiger charge is -2.10. The first-order valence-electron chi connectivity index (χ1n) is 9.53. The quantitative estimate of drug-likeness (QED) is 0.377. The number of fused-ring (bicyclic) bond motifs is 2. The Labute approximate surface area is 178 Å². The van der Waals surface area contributed by atoms with Crippen molar-refractivity contribution in [3.05, 3.63) is 65.7 Å². The van der Waals surface area contributed by atoms with Gasteiger partial charge in [-0.25, -0.2) is 0 Å². The Bertz CT molecular complexity index is 1270. The minimum atomic E-state index is -0.560. The van der Waals surface area contributed by atoms with E-state index in [9.17, 15) is 9.90 Å². The molecule has 0 aliphatic rings. The molecule has 0 radical (unpaired) electrons. The van der Waals surface area contributed by atoms with Gasteiger partial charge < -0.3 is 14.4 Å². The van der Waals surface area contributed by atoms with Crippen LogP contribution in [0.3, 0.4) is 0 Å². The Kier molecular flexibility index (Phi) is 5.42. The van der Waals surface area contributed by atoms with Gasteiger partial charge in [0.2, 0.25) is 5.88 Å². The van der Waals surface area contributed by atoms with Gasteiger partial charge in [-0.05, 0) is 43.5 Å². The maximum absolute atomic E-state index is 12.3. The van der Waals surface area contributed by atoms with Crippen LogP contribution in [0.15, 0.2) is 70.9 Å². The van der Waals surface area contributed by atoms with Crippen molar-refractivity contribution in [2.75, 3.05) is 6.61 Å². The van der Waals surface area contributed by atoms with Crippen LogP contribution in [-0.4, -0.2) is 22.2 Å². The van der Waals surface area contributed by atoms with E-state index in [1.165, 1.54) is 0 Å². The van der Waals surface area contributed by atoms with Crippen molar-refractivity contribution in [3.8, 4) is 11.6 Å². The minimum absolute atomic E-state index is 0.0111. The van der Waals surface area contributed by atoms with E-state index in [4.69, 9.17) is 16.3 Å². The van der Waals surface area contributed by atoms with Gasteiger partial charge in [-0.2, -0.15) is 0 Å². The molecular formula is C23H20ClN3O3. The van der Waals surface area contributed by atoms with Crippen LogP contribution < -0.4 is 4.74 Å². The second-order valence-electron chi connectivity index (χ2n) is 7.16. The first kappa shape index (κ1) is 19.9. The molecule has 0 aliphatic heterocycles. The average Bonchev–Trinajstić information content (AvgIpc) is 3.01. The number of aromatic hydroxyl groups is 1. The number of azo groups is 1. The van der Waals surface area contributed by atoms with Gasteiger partial charge in [0, 0.05) is 21.8 Å². The molecule has 0 saturated heterocycles. The molecular weight excluding hydrogens is 402 g/mol. The molecule has 0 bridgehead atoms. The fraction of sp³-hybridized carbons (Fsp3) is 0.174. The van der Waals surface area contributed by atoms with E-state index in [2.05, 4.69) is 10.2 Å². The van der Waals surface area contributed by atoms with Crippen molar-refractivity contribution < 1.29 is 14.6 Å². The molecule has 4 aromatic rings. The summed E-state index contributed by atoms with van der Waals surface area (Å²) in [6.45, 7) is 3.62. The zero-order valence-electron chi connectivity index (χ0n) is 16.5. The molecule has 1 heterocycles. The van der Waals surface area contributed by atoms with Crippen LogP contribution >= 0.6 is 11.6 Å². The Morgan fingerprint density at radius 1 is 1.10 bits per heavy atom. The van der Waals surface area contributed by atoms with Crippen molar-refractivity contribution in [2.45, 2.75) is 19.9 Å². The Morgan fingerprint density at radius 2 is 1.87 bits per heavy atom. The monoisotopic (exact) mass is 421 g/mol. The molecule has 30 heavy (non-hydrogen) atoms. The van der Waals surface area contributed by atoms with E-state index in [0.29, 0.717) is 16.2 Å². The smallest absolute Gasteiger partial charge is 0.302 e. The maximum atomic E-state index is 12.3. The Hall–Kier alpha value is -3.38. The van der Waals surface area contributed by atoms with Crippen molar-refractivity contribution in [3.63, 3.8) is 0 Å². The largest absolute Gasteiger partial charge is 0.493 e. The van der Waals surface area contributed by atoms with Crippen molar-refractivity contribution in [1.29, 1.82) is 0 Å². The molecule has 3 aromatic carbocycles. The molecule has 1 N–H and O–H groups in total. The van der Waals surface area contributed by atoms with Gasteiger partial charge in [-0.1, -0.05) is 48.0 Å². The summed E-state index contributed by atoms with van der Waals surface area (Å²) in [7, 11) is 0. The lowest BCUT2D eigenvalue weighted by Crippen LogP contribution is -2.08.